The van der Waals surface area contributed by atoms with Crippen molar-refractivity contribution in [2.45, 2.75) is 26.9 Å². The van der Waals surface area contributed by atoms with E-state index >= 15 is 0 Å². The lowest BCUT2D eigenvalue weighted by atomic mass is 10.1. The Morgan fingerprint density at radius 3 is 1.31 bits per heavy atom. The molecule has 0 aliphatic carbocycles. The number of fused-ring (bicyclic) bond motifs is 6. The number of hydrogen-bond donors (Lipinski definition) is 0. The molecule has 0 aliphatic heterocycles. The fourth-order valence-electron chi connectivity index (χ4n) is 6.24. The molecule has 206 valence electrons. The first-order valence-corrected chi connectivity index (χ1v) is 16.0. The molecule has 0 unspecified atom stereocenters. The summed E-state index contributed by atoms with van der Waals surface area (Å²) < 4.78 is 6.90. The standard InChI is InChI=1S/C38H30Br2N2/c1-3-41-35-11-7-5-9-29(35)31-21-25(15-19-37(31)41)13-17-27-23-34(40)28(24-33(27)39)18-14-26-16-20-38-32(22-26)30-10-6-8-12-36(30)42(38)4-2/h5-24H,3-4H2,1-2H3. The number of halogens is 2. The fraction of sp³-hybridized carbons (Fsp3) is 0.105. The minimum absolute atomic E-state index is 0.957. The molecule has 0 amide bonds. The van der Waals surface area contributed by atoms with Gasteiger partial charge in [-0.1, -0.05) is 105 Å². The molecular weight excluding hydrogens is 644 g/mol. The quantitative estimate of drug-likeness (QED) is 0.155. The summed E-state index contributed by atoms with van der Waals surface area (Å²) in [7, 11) is 0. The summed E-state index contributed by atoms with van der Waals surface area (Å²) in [5.41, 5.74) is 9.78. The number of benzene rings is 5. The fourth-order valence-corrected chi connectivity index (χ4v) is 7.22. The van der Waals surface area contributed by atoms with Gasteiger partial charge in [-0.2, -0.15) is 0 Å². The Labute approximate surface area is 262 Å². The second-order valence-electron chi connectivity index (χ2n) is 10.6. The molecule has 0 spiro atoms. The molecule has 0 bridgehead atoms. The number of para-hydroxylation sites is 2. The van der Waals surface area contributed by atoms with Gasteiger partial charge < -0.3 is 9.13 Å². The zero-order chi connectivity index (χ0) is 28.8. The molecule has 0 saturated carbocycles. The predicted octanol–water partition coefficient (Wildman–Crippen LogP) is 11.8. The van der Waals surface area contributed by atoms with Crippen molar-refractivity contribution in [1.29, 1.82) is 0 Å². The Bertz CT molecular complexity index is 2040. The Balaban J connectivity index is 1.18. The van der Waals surface area contributed by atoms with Gasteiger partial charge in [0.25, 0.3) is 0 Å². The van der Waals surface area contributed by atoms with Crippen molar-refractivity contribution in [2.75, 3.05) is 0 Å². The minimum atomic E-state index is 0.957. The molecule has 0 aliphatic rings. The number of rotatable bonds is 6. The topological polar surface area (TPSA) is 9.86 Å². The Kier molecular flexibility index (Phi) is 7.13. The van der Waals surface area contributed by atoms with Crippen LogP contribution in [0.5, 0.6) is 0 Å². The van der Waals surface area contributed by atoms with Gasteiger partial charge in [-0.15, -0.1) is 0 Å². The van der Waals surface area contributed by atoms with Gasteiger partial charge in [0.2, 0.25) is 0 Å². The summed E-state index contributed by atoms with van der Waals surface area (Å²) >= 11 is 7.65. The van der Waals surface area contributed by atoms with Crippen LogP contribution in [0.1, 0.15) is 36.1 Å². The van der Waals surface area contributed by atoms with E-state index in [4.69, 9.17) is 0 Å². The molecule has 42 heavy (non-hydrogen) atoms. The van der Waals surface area contributed by atoms with Crippen LogP contribution in [0.4, 0.5) is 0 Å². The molecule has 0 N–H and O–H groups in total. The molecule has 2 nitrogen and oxygen atoms in total. The van der Waals surface area contributed by atoms with Gasteiger partial charge in [-0.05, 0) is 84.6 Å². The maximum absolute atomic E-state index is 3.82. The summed E-state index contributed by atoms with van der Waals surface area (Å²) in [5.74, 6) is 0. The molecule has 2 heterocycles. The van der Waals surface area contributed by atoms with Crippen molar-refractivity contribution in [2.24, 2.45) is 0 Å². The molecule has 0 saturated heterocycles. The summed E-state index contributed by atoms with van der Waals surface area (Å²) in [6, 6.07) is 35.2. The lowest BCUT2D eigenvalue weighted by molar-refractivity contribution is 0.827. The van der Waals surface area contributed by atoms with E-state index in [-0.39, 0.29) is 0 Å². The first-order valence-electron chi connectivity index (χ1n) is 14.4. The maximum atomic E-state index is 3.82. The van der Waals surface area contributed by atoms with Gasteiger partial charge in [0.1, 0.15) is 0 Å². The van der Waals surface area contributed by atoms with Crippen LogP contribution < -0.4 is 0 Å². The molecule has 2 aromatic heterocycles. The van der Waals surface area contributed by atoms with Crippen LogP contribution in [0.15, 0.2) is 106 Å². The van der Waals surface area contributed by atoms with Crippen LogP contribution in [0.3, 0.4) is 0 Å². The minimum Gasteiger partial charge on any atom is -0.341 e. The van der Waals surface area contributed by atoms with Gasteiger partial charge >= 0.3 is 0 Å². The lowest BCUT2D eigenvalue weighted by Crippen LogP contribution is -1.92. The molecule has 4 heteroatoms. The van der Waals surface area contributed by atoms with E-state index in [0.29, 0.717) is 0 Å². The van der Waals surface area contributed by atoms with Crippen LogP contribution in [0, 0.1) is 0 Å². The third-order valence-corrected chi connectivity index (χ3v) is 9.63. The zero-order valence-corrected chi connectivity index (χ0v) is 26.8. The maximum Gasteiger partial charge on any atom is 0.0491 e. The van der Waals surface area contributed by atoms with Crippen LogP contribution in [-0.2, 0) is 13.1 Å². The van der Waals surface area contributed by atoms with E-state index in [2.05, 4.69) is 176 Å². The largest absolute Gasteiger partial charge is 0.341 e. The van der Waals surface area contributed by atoms with Gasteiger partial charge in [0, 0.05) is 65.6 Å². The average molecular weight is 674 g/mol. The van der Waals surface area contributed by atoms with Crippen LogP contribution >= 0.6 is 31.9 Å². The summed E-state index contributed by atoms with van der Waals surface area (Å²) in [5, 5.41) is 5.21. The van der Waals surface area contributed by atoms with Gasteiger partial charge in [0.05, 0.1) is 0 Å². The van der Waals surface area contributed by atoms with E-state index in [1.54, 1.807) is 0 Å². The van der Waals surface area contributed by atoms with Crippen LogP contribution in [-0.4, -0.2) is 9.13 Å². The summed E-state index contributed by atoms with van der Waals surface area (Å²) in [6.45, 7) is 6.33. The van der Waals surface area contributed by atoms with Crippen LogP contribution in [0.25, 0.3) is 67.9 Å². The van der Waals surface area contributed by atoms with Crippen molar-refractivity contribution in [3.63, 3.8) is 0 Å². The third kappa shape index (κ3) is 4.63. The highest BCUT2D eigenvalue weighted by atomic mass is 79.9. The van der Waals surface area contributed by atoms with Gasteiger partial charge in [-0.3, -0.25) is 0 Å². The van der Waals surface area contributed by atoms with Crippen molar-refractivity contribution >= 4 is 99.8 Å². The first-order chi connectivity index (χ1) is 20.6. The van der Waals surface area contributed by atoms with Gasteiger partial charge in [-0.25, -0.2) is 0 Å². The van der Waals surface area contributed by atoms with Crippen molar-refractivity contribution < 1.29 is 0 Å². The molecule has 7 rings (SSSR count). The first kappa shape index (κ1) is 27.0. The van der Waals surface area contributed by atoms with Gasteiger partial charge in [0.15, 0.2) is 0 Å². The van der Waals surface area contributed by atoms with E-state index in [1.807, 2.05) is 0 Å². The second kappa shape index (κ2) is 11.1. The van der Waals surface area contributed by atoms with Crippen LogP contribution in [0.2, 0.25) is 0 Å². The Morgan fingerprint density at radius 1 is 0.476 bits per heavy atom. The monoisotopic (exact) mass is 672 g/mol. The molecule has 7 aromatic rings. The van der Waals surface area contributed by atoms with Crippen molar-refractivity contribution in [3.05, 3.63) is 128 Å². The van der Waals surface area contributed by atoms with Crippen molar-refractivity contribution in [3.8, 4) is 0 Å². The molecule has 5 aromatic carbocycles. The highest BCUT2D eigenvalue weighted by molar-refractivity contribution is 9.11. The van der Waals surface area contributed by atoms with E-state index in [9.17, 15) is 0 Å². The SMILES string of the molecule is CCn1c2ccccc2c2cc(C=Cc3cc(Br)c(C=Cc4ccc5c(c4)c4ccccc4n5CC)cc3Br)ccc21. The number of aryl methyl sites for hydroxylation is 2. The molecular formula is C38H30Br2N2. The molecule has 0 radical (unpaired) electrons. The number of hydrogen-bond acceptors (Lipinski definition) is 0. The average Bonchev–Trinajstić information content (AvgIpc) is 3.52. The highest BCUT2D eigenvalue weighted by Crippen LogP contribution is 2.33. The van der Waals surface area contributed by atoms with E-state index in [0.717, 1.165) is 33.2 Å². The van der Waals surface area contributed by atoms with E-state index < -0.39 is 0 Å². The summed E-state index contributed by atoms with van der Waals surface area (Å²) in [6.07, 6.45) is 8.75. The summed E-state index contributed by atoms with van der Waals surface area (Å²) in [4.78, 5) is 0. The molecule has 0 fully saturated rings. The normalized spacial score (nSPS) is 12.3. The Hall–Kier alpha value is -3.86. The highest BCUT2D eigenvalue weighted by Gasteiger charge is 2.11. The lowest BCUT2D eigenvalue weighted by Gasteiger charge is -2.06. The number of aromatic nitrogens is 2. The predicted molar refractivity (Wildman–Crippen MR) is 190 cm³/mol. The molecule has 0 atom stereocenters. The number of nitrogens with zero attached hydrogens (tertiary/aromatic N) is 2. The van der Waals surface area contributed by atoms with Crippen molar-refractivity contribution in [1.82, 2.24) is 9.13 Å². The second-order valence-corrected chi connectivity index (χ2v) is 12.3. The van der Waals surface area contributed by atoms with E-state index in [1.165, 1.54) is 54.7 Å². The smallest absolute Gasteiger partial charge is 0.0491 e. The Morgan fingerprint density at radius 2 is 0.881 bits per heavy atom. The third-order valence-electron chi connectivity index (χ3n) is 8.25. The zero-order valence-electron chi connectivity index (χ0n) is 23.6.